The zero-order valence-electron chi connectivity index (χ0n) is 12.7. The minimum atomic E-state index is -3.45. The number of hydrogen-bond donors (Lipinski definition) is 2. The first-order chi connectivity index (χ1) is 9.82. The monoisotopic (exact) mass is 313 g/mol. The van der Waals surface area contributed by atoms with E-state index in [1.807, 2.05) is 0 Å². The highest BCUT2D eigenvalue weighted by molar-refractivity contribution is 7.89. The molecule has 6 nitrogen and oxygen atoms in total. The third-order valence-electron chi connectivity index (χ3n) is 3.86. The van der Waals surface area contributed by atoms with E-state index in [0.29, 0.717) is 11.6 Å². The molecule has 2 unspecified atom stereocenters. The zero-order valence-corrected chi connectivity index (χ0v) is 13.5. The molecule has 2 atom stereocenters. The molecule has 0 saturated carbocycles. The third kappa shape index (κ3) is 3.48. The van der Waals surface area contributed by atoms with Crippen molar-refractivity contribution in [2.45, 2.75) is 24.3 Å². The molecule has 2 rings (SSSR count). The van der Waals surface area contributed by atoms with Crippen LogP contribution in [0.4, 0.5) is 11.4 Å². The molecule has 0 amide bonds. The molecule has 1 aromatic carbocycles. The zero-order chi connectivity index (χ0) is 15.6. The van der Waals surface area contributed by atoms with Gasteiger partial charge in [-0.25, -0.2) is 12.7 Å². The molecule has 1 aliphatic heterocycles. The summed E-state index contributed by atoms with van der Waals surface area (Å²) in [7, 11) is -0.455. The van der Waals surface area contributed by atoms with E-state index in [2.05, 4.69) is 12.2 Å². The van der Waals surface area contributed by atoms with Gasteiger partial charge in [0.15, 0.2) is 0 Å². The number of rotatable bonds is 5. The largest absolute Gasteiger partial charge is 0.397 e. The van der Waals surface area contributed by atoms with Crippen molar-refractivity contribution in [1.29, 1.82) is 0 Å². The fraction of sp³-hybridized carbons (Fsp3) is 0.571. The lowest BCUT2D eigenvalue weighted by molar-refractivity contribution is 0.183. The molecule has 21 heavy (non-hydrogen) atoms. The van der Waals surface area contributed by atoms with Crippen molar-refractivity contribution in [3.8, 4) is 0 Å². The summed E-state index contributed by atoms with van der Waals surface area (Å²) in [4.78, 5) is 0.201. The van der Waals surface area contributed by atoms with Gasteiger partial charge >= 0.3 is 0 Å². The first kappa shape index (κ1) is 16.1. The van der Waals surface area contributed by atoms with E-state index < -0.39 is 10.0 Å². The summed E-state index contributed by atoms with van der Waals surface area (Å²) in [5.41, 5.74) is 7.18. The average molecular weight is 313 g/mol. The number of anilines is 2. The first-order valence-electron chi connectivity index (χ1n) is 6.98. The lowest BCUT2D eigenvalue weighted by Gasteiger charge is -2.22. The summed E-state index contributed by atoms with van der Waals surface area (Å²) in [6.07, 6.45) is 1.03. The second kappa shape index (κ2) is 6.21. The Bertz CT molecular complexity index is 595. The maximum atomic E-state index is 12.1. The van der Waals surface area contributed by atoms with Crippen LogP contribution < -0.4 is 11.1 Å². The van der Waals surface area contributed by atoms with Gasteiger partial charge in [-0.15, -0.1) is 0 Å². The summed E-state index contributed by atoms with van der Waals surface area (Å²) in [5, 5.41) is 3.35. The molecule has 0 radical (unpaired) electrons. The Labute approximate surface area is 126 Å². The van der Waals surface area contributed by atoms with Gasteiger partial charge in [0.25, 0.3) is 0 Å². The van der Waals surface area contributed by atoms with Gasteiger partial charge in [0.1, 0.15) is 0 Å². The van der Waals surface area contributed by atoms with E-state index in [1.165, 1.54) is 24.5 Å². The SMILES string of the molecule is CC(Nc1ccc(S(=O)(=O)N(C)C)cc1N)C1CCOC1. The maximum absolute atomic E-state index is 12.1. The van der Waals surface area contributed by atoms with Gasteiger partial charge in [-0.2, -0.15) is 0 Å². The maximum Gasteiger partial charge on any atom is 0.242 e. The Balaban J connectivity index is 2.16. The number of ether oxygens (including phenoxy) is 1. The Morgan fingerprint density at radius 2 is 2.14 bits per heavy atom. The van der Waals surface area contributed by atoms with E-state index in [-0.39, 0.29) is 10.9 Å². The highest BCUT2D eigenvalue weighted by atomic mass is 32.2. The summed E-state index contributed by atoms with van der Waals surface area (Å²) < 4.78 is 30.7. The number of hydrogen-bond acceptors (Lipinski definition) is 5. The van der Waals surface area contributed by atoms with E-state index in [1.54, 1.807) is 12.1 Å². The summed E-state index contributed by atoms with van der Waals surface area (Å²) >= 11 is 0. The molecule has 0 aliphatic carbocycles. The molecular weight excluding hydrogens is 290 g/mol. The molecule has 0 aromatic heterocycles. The predicted octanol–water partition coefficient (Wildman–Crippen LogP) is 1.36. The fourth-order valence-corrected chi connectivity index (χ4v) is 3.29. The number of benzene rings is 1. The van der Waals surface area contributed by atoms with Gasteiger partial charge in [0.2, 0.25) is 10.0 Å². The topological polar surface area (TPSA) is 84.7 Å². The number of sulfonamides is 1. The van der Waals surface area contributed by atoms with Crippen LogP contribution in [-0.4, -0.2) is 46.1 Å². The minimum Gasteiger partial charge on any atom is -0.397 e. The van der Waals surface area contributed by atoms with Crippen molar-refractivity contribution < 1.29 is 13.2 Å². The van der Waals surface area contributed by atoms with E-state index in [4.69, 9.17) is 10.5 Å². The summed E-state index contributed by atoms with van der Waals surface area (Å²) in [6, 6.07) is 5.02. The number of nitrogens with two attached hydrogens (primary N) is 1. The molecule has 118 valence electrons. The van der Waals surface area contributed by atoms with E-state index in [9.17, 15) is 8.42 Å². The summed E-state index contributed by atoms with van der Waals surface area (Å²) in [5.74, 6) is 0.453. The molecule has 0 bridgehead atoms. The number of nitrogens with one attached hydrogen (secondary N) is 1. The van der Waals surface area contributed by atoms with Crippen LogP contribution >= 0.6 is 0 Å². The third-order valence-corrected chi connectivity index (χ3v) is 5.67. The number of nitrogen functional groups attached to an aromatic ring is 1. The van der Waals surface area contributed by atoms with Crippen molar-refractivity contribution in [3.05, 3.63) is 18.2 Å². The highest BCUT2D eigenvalue weighted by Gasteiger charge is 2.23. The van der Waals surface area contributed by atoms with Gasteiger partial charge in [0.05, 0.1) is 22.9 Å². The molecule has 3 N–H and O–H groups in total. The smallest absolute Gasteiger partial charge is 0.242 e. The first-order valence-corrected chi connectivity index (χ1v) is 8.42. The van der Waals surface area contributed by atoms with Crippen LogP contribution in [0.2, 0.25) is 0 Å². The molecule has 1 aliphatic rings. The fourth-order valence-electron chi connectivity index (χ4n) is 2.35. The Morgan fingerprint density at radius 1 is 1.43 bits per heavy atom. The lowest BCUT2D eigenvalue weighted by atomic mass is 10.0. The normalized spacial score (nSPS) is 20.7. The molecule has 1 heterocycles. The molecule has 1 saturated heterocycles. The second-order valence-corrected chi connectivity index (χ2v) is 7.75. The van der Waals surface area contributed by atoms with Gasteiger partial charge in [-0.1, -0.05) is 0 Å². The molecular formula is C14H23N3O3S. The van der Waals surface area contributed by atoms with Gasteiger partial charge in [0, 0.05) is 32.7 Å². The average Bonchev–Trinajstić information content (AvgIpc) is 2.94. The van der Waals surface area contributed by atoms with Crippen molar-refractivity contribution in [2.24, 2.45) is 5.92 Å². The van der Waals surface area contributed by atoms with Crippen molar-refractivity contribution in [1.82, 2.24) is 4.31 Å². The highest BCUT2D eigenvalue weighted by Crippen LogP contribution is 2.27. The quantitative estimate of drug-likeness (QED) is 0.802. The van der Waals surface area contributed by atoms with Crippen LogP contribution in [-0.2, 0) is 14.8 Å². The standard InChI is InChI=1S/C14H23N3O3S/c1-10(11-6-7-20-9-11)16-14-5-4-12(8-13(14)15)21(18,19)17(2)3/h4-5,8,10-11,16H,6-7,9,15H2,1-3H3. The second-order valence-electron chi connectivity index (χ2n) is 5.59. The van der Waals surface area contributed by atoms with Gasteiger partial charge in [-0.3, -0.25) is 0 Å². The van der Waals surface area contributed by atoms with Crippen molar-refractivity contribution in [2.75, 3.05) is 38.4 Å². The van der Waals surface area contributed by atoms with Crippen LogP contribution in [0.3, 0.4) is 0 Å². The van der Waals surface area contributed by atoms with Crippen LogP contribution in [0.25, 0.3) is 0 Å². The van der Waals surface area contributed by atoms with Crippen LogP contribution in [0, 0.1) is 5.92 Å². The van der Waals surface area contributed by atoms with Crippen LogP contribution in [0.5, 0.6) is 0 Å². The van der Waals surface area contributed by atoms with Gasteiger partial charge < -0.3 is 15.8 Å². The van der Waals surface area contributed by atoms with Crippen molar-refractivity contribution in [3.63, 3.8) is 0 Å². The summed E-state index contributed by atoms with van der Waals surface area (Å²) in [6.45, 7) is 3.64. The van der Waals surface area contributed by atoms with Crippen LogP contribution in [0.1, 0.15) is 13.3 Å². The Kier molecular flexibility index (Phi) is 4.75. The molecule has 0 spiro atoms. The predicted molar refractivity (Wildman–Crippen MR) is 83.7 cm³/mol. The number of nitrogens with zero attached hydrogens (tertiary/aromatic N) is 1. The lowest BCUT2D eigenvalue weighted by Crippen LogP contribution is -2.27. The van der Waals surface area contributed by atoms with E-state index in [0.717, 1.165) is 25.3 Å². The van der Waals surface area contributed by atoms with Gasteiger partial charge in [-0.05, 0) is 31.5 Å². The molecule has 7 heteroatoms. The Morgan fingerprint density at radius 3 is 2.67 bits per heavy atom. The Hall–Kier alpha value is -1.31. The molecule has 1 fully saturated rings. The van der Waals surface area contributed by atoms with E-state index >= 15 is 0 Å². The molecule has 1 aromatic rings. The minimum absolute atomic E-state index is 0.201. The van der Waals surface area contributed by atoms with Crippen molar-refractivity contribution >= 4 is 21.4 Å². The van der Waals surface area contributed by atoms with Crippen LogP contribution in [0.15, 0.2) is 23.1 Å².